The Morgan fingerprint density at radius 1 is 0.786 bits per heavy atom. The average Bonchev–Trinajstić information content (AvgIpc) is 2.73. The average molecular weight is 485 g/mol. The molecule has 0 aliphatic heterocycles. The van der Waals surface area contributed by atoms with Gasteiger partial charge in [-0.3, -0.25) is 4.79 Å². The van der Waals surface area contributed by atoms with Gasteiger partial charge < -0.3 is 9.64 Å². The molecule has 1 amide bonds. The molecule has 0 aromatic heterocycles. The van der Waals surface area contributed by atoms with Crippen molar-refractivity contribution in [1.29, 1.82) is 0 Å². The lowest BCUT2D eigenvalue weighted by atomic mass is 10.1. The highest BCUT2D eigenvalue weighted by molar-refractivity contribution is 14.1. The van der Waals surface area contributed by atoms with Crippen LogP contribution in [0.5, 0.6) is 0 Å². The smallest absolute Gasteiger partial charge is 0.338 e. The lowest BCUT2D eigenvalue weighted by Gasteiger charge is -2.23. The van der Waals surface area contributed by atoms with E-state index in [9.17, 15) is 9.59 Å². The van der Waals surface area contributed by atoms with E-state index in [4.69, 9.17) is 4.74 Å². The first kappa shape index (κ1) is 20.1. The highest BCUT2D eigenvalue weighted by Crippen LogP contribution is 2.12. The third kappa shape index (κ3) is 5.92. The molecule has 0 saturated heterocycles. The molecule has 0 spiro atoms. The first-order chi connectivity index (χ1) is 13.6. The molecule has 28 heavy (non-hydrogen) atoms. The Labute approximate surface area is 178 Å². The van der Waals surface area contributed by atoms with Crippen LogP contribution < -0.4 is 0 Å². The molecular formula is C23H20INO3. The summed E-state index contributed by atoms with van der Waals surface area (Å²) in [5.74, 6) is -0.724. The summed E-state index contributed by atoms with van der Waals surface area (Å²) in [7, 11) is 0. The van der Waals surface area contributed by atoms with Gasteiger partial charge in [-0.1, -0.05) is 66.7 Å². The Hall–Kier alpha value is -2.67. The number of hydrogen-bond donors (Lipinski definition) is 0. The van der Waals surface area contributed by atoms with Crippen molar-refractivity contribution >= 4 is 34.5 Å². The normalized spacial score (nSPS) is 10.3. The number of carbonyl (C=O) groups excluding carboxylic acids is 2. The Kier molecular flexibility index (Phi) is 7.19. The minimum atomic E-state index is -0.494. The van der Waals surface area contributed by atoms with E-state index in [1.54, 1.807) is 23.1 Å². The number of hydrogen-bond acceptors (Lipinski definition) is 3. The highest BCUT2D eigenvalue weighted by atomic mass is 127. The molecule has 0 N–H and O–H groups in total. The van der Waals surface area contributed by atoms with Gasteiger partial charge in [-0.15, -0.1) is 0 Å². The molecule has 4 nitrogen and oxygen atoms in total. The quantitative estimate of drug-likeness (QED) is 0.361. The molecular weight excluding hydrogens is 465 g/mol. The molecule has 3 rings (SSSR count). The molecule has 3 aromatic carbocycles. The van der Waals surface area contributed by atoms with Crippen molar-refractivity contribution in [2.45, 2.75) is 13.1 Å². The van der Waals surface area contributed by atoms with E-state index in [1.165, 1.54) is 0 Å². The maximum Gasteiger partial charge on any atom is 0.338 e. The second-order valence-corrected chi connectivity index (χ2v) is 7.55. The van der Waals surface area contributed by atoms with Gasteiger partial charge in [-0.25, -0.2) is 4.79 Å². The maximum atomic E-state index is 12.8. The van der Waals surface area contributed by atoms with Crippen LogP contribution in [0.4, 0.5) is 0 Å². The summed E-state index contributed by atoms with van der Waals surface area (Å²) in [5, 5.41) is 0. The highest BCUT2D eigenvalue weighted by Gasteiger charge is 2.17. The fourth-order valence-corrected chi connectivity index (χ4v) is 3.30. The van der Waals surface area contributed by atoms with Crippen molar-refractivity contribution in [3.63, 3.8) is 0 Å². The summed E-state index contributed by atoms with van der Waals surface area (Å²) in [4.78, 5) is 26.7. The van der Waals surface area contributed by atoms with E-state index < -0.39 is 5.97 Å². The van der Waals surface area contributed by atoms with E-state index in [0.717, 1.165) is 14.7 Å². The Morgan fingerprint density at radius 3 is 1.89 bits per heavy atom. The molecule has 0 radical (unpaired) electrons. The van der Waals surface area contributed by atoms with Crippen LogP contribution in [0, 0.1) is 3.57 Å². The van der Waals surface area contributed by atoms with Gasteiger partial charge in [0.1, 0.15) is 0 Å². The Balaban J connectivity index is 1.67. The number of rotatable bonds is 7. The first-order valence-corrected chi connectivity index (χ1v) is 9.98. The van der Waals surface area contributed by atoms with Gasteiger partial charge in [0.2, 0.25) is 0 Å². The lowest BCUT2D eigenvalue weighted by Crippen LogP contribution is -2.33. The zero-order chi connectivity index (χ0) is 19.8. The van der Waals surface area contributed by atoms with Crippen molar-refractivity contribution in [3.8, 4) is 0 Å². The second kappa shape index (κ2) is 10.0. The number of carbonyl (C=O) groups is 2. The van der Waals surface area contributed by atoms with Crippen LogP contribution in [-0.4, -0.2) is 23.4 Å². The van der Waals surface area contributed by atoms with Gasteiger partial charge in [-0.2, -0.15) is 0 Å². The number of ether oxygens (including phenoxy) is 1. The zero-order valence-electron chi connectivity index (χ0n) is 15.3. The van der Waals surface area contributed by atoms with E-state index in [-0.39, 0.29) is 12.5 Å². The van der Waals surface area contributed by atoms with Crippen molar-refractivity contribution in [3.05, 3.63) is 105 Å². The molecule has 0 fully saturated rings. The molecule has 0 atom stereocenters. The molecule has 0 aliphatic rings. The van der Waals surface area contributed by atoms with Crippen LogP contribution in [0.25, 0.3) is 0 Å². The Morgan fingerprint density at radius 2 is 1.36 bits per heavy atom. The van der Waals surface area contributed by atoms with E-state index >= 15 is 0 Å². The van der Waals surface area contributed by atoms with E-state index in [0.29, 0.717) is 18.7 Å². The second-order valence-electron chi connectivity index (χ2n) is 6.31. The summed E-state index contributed by atoms with van der Waals surface area (Å²) in [6, 6.07) is 26.6. The van der Waals surface area contributed by atoms with Gasteiger partial charge in [0.05, 0.1) is 5.56 Å². The predicted molar refractivity (Wildman–Crippen MR) is 117 cm³/mol. The molecule has 142 valence electrons. The molecule has 0 unspecified atom stereocenters. The fourth-order valence-electron chi connectivity index (χ4n) is 2.76. The van der Waals surface area contributed by atoms with E-state index in [1.807, 2.05) is 66.7 Å². The minimum absolute atomic E-state index is 0.230. The minimum Gasteiger partial charge on any atom is -0.452 e. The van der Waals surface area contributed by atoms with Crippen molar-refractivity contribution in [1.82, 2.24) is 4.90 Å². The van der Waals surface area contributed by atoms with Crippen molar-refractivity contribution in [2.24, 2.45) is 0 Å². The largest absolute Gasteiger partial charge is 0.452 e. The van der Waals surface area contributed by atoms with Gasteiger partial charge in [-0.05, 0) is 51.9 Å². The summed E-state index contributed by atoms with van der Waals surface area (Å²) < 4.78 is 6.21. The number of benzene rings is 3. The van der Waals surface area contributed by atoms with Crippen LogP contribution in [0.2, 0.25) is 0 Å². The number of esters is 1. The maximum absolute atomic E-state index is 12.8. The van der Waals surface area contributed by atoms with Crippen LogP contribution in [0.15, 0.2) is 84.9 Å². The zero-order valence-corrected chi connectivity index (χ0v) is 17.4. The van der Waals surface area contributed by atoms with Crippen LogP contribution in [0.1, 0.15) is 21.5 Å². The number of amides is 1. The van der Waals surface area contributed by atoms with E-state index in [2.05, 4.69) is 22.6 Å². The third-order valence-electron chi connectivity index (χ3n) is 4.17. The SMILES string of the molecule is O=C(OCC(=O)N(Cc1ccccc1)Cc1ccccc1)c1cccc(I)c1. The molecule has 5 heteroatoms. The summed E-state index contributed by atoms with van der Waals surface area (Å²) in [5.41, 5.74) is 2.49. The first-order valence-electron chi connectivity index (χ1n) is 8.90. The Bertz CT molecular complexity index is 887. The van der Waals surface area contributed by atoms with Crippen molar-refractivity contribution < 1.29 is 14.3 Å². The van der Waals surface area contributed by atoms with Crippen LogP contribution in [-0.2, 0) is 22.6 Å². The molecule has 3 aromatic rings. The fraction of sp³-hybridized carbons (Fsp3) is 0.130. The third-order valence-corrected chi connectivity index (χ3v) is 4.84. The molecule has 0 heterocycles. The summed E-state index contributed by atoms with van der Waals surface area (Å²) in [6.45, 7) is 0.620. The van der Waals surface area contributed by atoms with Gasteiger partial charge in [0.25, 0.3) is 5.91 Å². The van der Waals surface area contributed by atoms with Gasteiger partial charge in [0.15, 0.2) is 6.61 Å². The lowest BCUT2D eigenvalue weighted by molar-refractivity contribution is -0.135. The number of nitrogens with zero attached hydrogens (tertiary/aromatic N) is 1. The van der Waals surface area contributed by atoms with Crippen LogP contribution in [0.3, 0.4) is 0 Å². The molecule has 0 bridgehead atoms. The van der Waals surface area contributed by atoms with Gasteiger partial charge >= 0.3 is 5.97 Å². The van der Waals surface area contributed by atoms with Gasteiger partial charge in [0, 0.05) is 16.7 Å². The summed E-state index contributed by atoms with van der Waals surface area (Å²) in [6.07, 6.45) is 0. The standard InChI is InChI=1S/C23H20INO3/c24-21-13-7-12-20(14-21)23(27)28-17-22(26)25(15-18-8-3-1-4-9-18)16-19-10-5-2-6-11-19/h1-14H,15-17H2. The predicted octanol–water partition coefficient (Wildman–Crippen LogP) is 4.68. The number of halogens is 1. The molecule has 0 aliphatic carbocycles. The van der Waals surface area contributed by atoms with Crippen LogP contribution >= 0.6 is 22.6 Å². The topological polar surface area (TPSA) is 46.6 Å². The monoisotopic (exact) mass is 485 g/mol. The summed E-state index contributed by atoms with van der Waals surface area (Å²) >= 11 is 2.13. The van der Waals surface area contributed by atoms with Crippen molar-refractivity contribution in [2.75, 3.05) is 6.61 Å². The molecule has 0 saturated carbocycles.